The predicted molar refractivity (Wildman–Crippen MR) is 79.1 cm³/mol. The van der Waals surface area contributed by atoms with Crippen LogP contribution < -0.4 is 5.32 Å². The van der Waals surface area contributed by atoms with Crippen molar-refractivity contribution in [3.05, 3.63) is 35.2 Å². The standard InChI is InChI=1S/C14H19ClN4O/c1-18-4-5-20-13(10-18)7-16-6-12-9-19-8-11(15)2-3-14(19)17-12/h2-3,8-9,13,16H,4-7,10H2,1H3/t13-/m1/s1. The number of imidazole rings is 1. The summed E-state index contributed by atoms with van der Waals surface area (Å²) in [4.78, 5) is 6.84. The van der Waals surface area contributed by atoms with Crippen LogP contribution in [0.2, 0.25) is 5.02 Å². The van der Waals surface area contributed by atoms with Gasteiger partial charge in [-0.1, -0.05) is 11.6 Å². The lowest BCUT2D eigenvalue weighted by molar-refractivity contribution is -0.0182. The van der Waals surface area contributed by atoms with Gasteiger partial charge in [-0.15, -0.1) is 0 Å². The number of pyridine rings is 1. The van der Waals surface area contributed by atoms with Gasteiger partial charge in [0.2, 0.25) is 0 Å². The fourth-order valence-electron chi connectivity index (χ4n) is 2.45. The van der Waals surface area contributed by atoms with Gasteiger partial charge in [-0.3, -0.25) is 0 Å². The zero-order valence-electron chi connectivity index (χ0n) is 11.6. The lowest BCUT2D eigenvalue weighted by Gasteiger charge is -2.30. The average Bonchev–Trinajstić information content (AvgIpc) is 2.80. The zero-order chi connectivity index (χ0) is 13.9. The summed E-state index contributed by atoms with van der Waals surface area (Å²) in [5, 5.41) is 4.12. The van der Waals surface area contributed by atoms with E-state index in [9.17, 15) is 0 Å². The molecule has 3 heterocycles. The molecule has 0 spiro atoms. The highest BCUT2D eigenvalue weighted by atomic mass is 35.5. The number of nitrogens with one attached hydrogen (secondary N) is 1. The fraction of sp³-hybridized carbons (Fsp3) is 0.500. The SMILES string of the molecule is CN1CCO[C@H](CNCc2cn3cc(Cl)ccc3n2)C1. The first-order chi connectivity index (χ1) is 9.70. The number of likely N-dealkylation sites (N-methyl/N-ethyl adjacent to an activating group) is 1. The Labute approximate surface area is 123 Å². The number of hydrogen-bond acceptors (Lipinski definition) is 4. The first-order valence-corrected chi connectivity index (χ1v) is 7.22. The summed E-state index contributed by atoms with van der Waals surface area (Å²) in [6.07, 6.45) is 4.13. The number of morpholine rings is 1. The quantitative estimate of drug-likeness (QED) is 0.926. The maximum atomic E-state index is 5.96. The van der Waals surface area contributed by atoms with Crippen LogP contribution in [-0.2, 0) is 11.3 Å². The zero-order valence-corrected chi connectivity index (χ0v) is 12.3. The van der Waals surface area contributed by atoms with Crippen molar-refractivity contribution in [1.29, 1.82) is 0 Å². The molecule has 1 saturated heterocycles. The summed E-state index contributed by atoms with van der Waals surface area (Å²) in [5.41, 5.74) is 1.93. The Morgan fingerprint density at radius 2 is 2.35 bits per heavy atom. The van der Waals surface area contributed by atoms with E-state index >= 15 is 0 Å². The van der Waals surface area contributed by atoms with E-state index in [1.54, 1.807) is 0 Å². The summed E-state index contributed by atoms with van der Waals surface area (Å²) < 4.78 is 7.66. The van der Waals surface area contributed by atoms with Gasteiger partial charge in [0.05, 0.1) is 23.4 Å². The lowest BCUT2D eigenvalue weighted by Crippen LogP contribution is -2.44. The summed E-state index contributed by atoms with van der Waals surface area (Å²) in [6.45, 7) is 4.40. The summed E-state index contributed by atoms with van der Waals surface area (Å²) in [7, 11) is 2.13. The molecule has 1 fully saturated rings. The van der Waals surface area contributed by atoms with Gasteiger partial charge in [0.15, 0.2) is 0 Å². The van der Waals surface area contributed by atoms with Crippen molar-refractivity contribution >= 4 is 17.2 Å². The number of ether oxygens (including phenoxy) is 1. The summed E-state index contributed by atoms with van der Waals surface area (Å²) in [6, 6.07) is 3.78. The van der Waals surface area contributed by atoms with Crippen LogP contribution in [0.5, 0.6) is 0 Å². The minimum Gasteiger partial charge on any atom is -0.374 e. The number of rotatable bonds is 4. The molecule has 0 unspecified atom stereocenters. The number of aromatic nitrogens is 2. The second-order valence-corrected chi connectivity index (χ2v) is 5.67. The van der Waals surface area contributed by atoms with Gasteiger partial charge < -0.3 is 19.4 Å². The number of hydrogen-bond donors (Lipinski definition) is 1. The first kappa shape index (κ1) is 13.8. The van der Waals surface area contributed by atoms with E-state index in [-0.39, 0.29) is 6.10 Å². The molecule has 1 aliphatic heterocycles. The third kappa shape index (κ3) is 3.30. The Morgan fingerprint density at radius 1 is 1.45 bits per heavy atom. The minimum atomic E-state index is 0.264. The largest absolute Gasteiger partial charge is 0.374 e. The molecule has 2 aromatic heterocycles. The maximum absolute atomic E-state index is 5.96. The van der Waals surface area contributed by atoms with Crippen LogP contribution in [0.1, 0.15) is 5.69 Å². The highest BCUT2D eigenvalue weighted by Crippen LogP contribution is 2.11. The van der Waals surface area contributed by atoms with Crippen molar-refractivity contribution in [3.63, 3.8) is 0 Å². The number of halogens is 1. The summed E-state index contributed by atoms with van der Waals surface area (Å²) >= 11 is 5.96. The van der Waals surface area contributed by atoms with Gasteiger partial charge in [0.25, 0.3) is 0 Å². The Morgan fingerprint density at radius 3 is 3.20 bits per heavy atom. The molecule has 108 valence electrons. The third-order valence-corrected chi connectivity index (χ3v) is 3.71. The van der Waals surface area contributed by atoms with Gasteiger partial charge in [0, 0.05) is 38.6 Å². The monoisotopic (exact) mass is 294 g/mol. The Kier molecular flexibility index (Phi) is 4.21. The molecule has 3 rings (SSSR count). The van der Waals surface area contributed by atoms with Crippen LogP contribution >= 0.6 is 11.6 Å². The second-order valence-electron chi connectivity index (χ2n) is 5.23. The van der Waals surface area contributed by atoms with E-state index < -0.39 is 0 Å². The molecular formula is C14H19ClN4O. The Balaban J connectivity index is 1.54. The van der Waals surface area contributed by atoms with Crippen molar-refractivity contribution in [2.75, 3.05) is 33.3 Å². The van der Waals surface area contributed by atoms with Crippen LogP contribution in [0.25, 0.3) is 5.65 Å². The molecule has 2 aromatic rings. The third-order valence-electron chi connectivity index (χ3n) is 3.48. The van der Waals surface area contributed by atoms with Crippen LogP contribution in [-0.4, -0.2) is 53.7 Å². The molecule has 0 aliphatic carbocycles. The number of fused-ring (bicyclic) bond motifs is 1. The van der Waals surface area contributed by atoms with Gasteiger partial charge in [-0.25, -0.2) is 4.98 Å². The number of nitrogens with zero attached hydrogens (tertiary/aromatic N) is 3. The molecule has 1 N–H and O–H groups in total. The molecule has 0 aromatic carbocycles. The first-order valence-electron chi connectivity index (χ1n) is 6.85. The Bertz CT molecular complexity index is 586. The van der Waals surface area contributed by atoms with E-state index in [1.165, 1.54) is 0 Å². The van der Waals surface area contributed by atoms with Crippen LogP contribution in [0.15, 0.2) is 24.5 Å². The van der Waals surface area contributed by atoms with Crippen LogP contribution in [0.4, 0.5) is 0 Å². The average molecular weight is 295 g/mol. The van der Waals surface area contributed by atoms with E-state index in [4.69, 9.17) is 16.3 Å². The molecule has 0 saturated carbocycles. The molecule has 0 amide bonds. The highest BCUT2D eigenvalue weighted by Gasteiger charge is 2.17. The minimum absolute atomic E-state index is 0.264. The smallest absolute Gasteiger partial charge is 0.137 e. The van der Waals surface area contributed by atoms with Crippen molar-refractivity contribution in [2.45, 2.75) is 12.6 Å². The molecule has 20 heavy (non-hydrogen) atoms. The molecule has 5 nitrogen and oxygen atoms in total. The van der Waals surface area contributed by atoms with Crippen molar-refractivity contribution in [2.24, 2.45) is 0 Å². The Hall–Kier alpha value is -1.14. The van der Waals surface area contributed by atoms with Crippen molar-refractivity contribution < 1.29 is 4.74 Å². The summed E-state index contributed by atoms with van der Waals surface area (Å²) in [5.74, 6) is 0. The molecule has 0 bridgehead atoms. The van der Waals surface area contributed by atoms with E-state index in [0.717, 1.165) is 44.1 Å². The molecule has 6 heteroatoms. The van der Waals surface area contributed by atoms with Crippen LogP contribution in [0, 0.1) is 0 Å². The second kappa shape index (κ2) is 6.10. The predicted octanol–water partition coefficient (Wildman–Crippen LogP) is 1.41. The van der Waals surface area contributed by atoms with Gasteiger partial charge in [-0.05, 0) is 19.2 Å². The van der Waals surface area contributed by atoms with Crippen molar-refractivity contribution in [3.8, 4) is 0 Å². The van der Waals surface area contributed by atoms with Gasteiger partial charge >= 0.3 is 0 Å². The lowest BCUT2D eigenvalue weighted by atomic mass is 10.3. The van der Waals surface area contributed by atoms with Crippen molar-refractivity contribution in [1.82, 2.24) is 19.6 Å². The van der Waals surface area contributed by atoms with Gasteiger partial charge in [-0.2, -0.15) is 0 Å². The highest BCUT2D eigenvalue weighted by molar-refractivity contribution is 6.30. The van der Waals surface area contributed by atoms with E-state index in [1.807, 2.05) is 28.9 Å². The molecule has 1 aliphatic rings. The van der Waals surface area contributed by atoms with E-state index in [2.05, 4.69) is 22.2 Å². The normalized spacial score (nSPS) is 20.6. The maximum Gasteiger partial charge on any atom is 0.137 e. The molecule has 0 radical (unpaired) electrons. The molecule has 1 atom stereocenters. The molecular weight excluding hydrogens is 276 g/mol. The fourth-order valence-corrected chi connectivity index (χ4v) is 2.62. The van der Waals surface area contributed by atoms with Gasteiger partial charge in [0.1, 0.15) is 5.65 Å². The van der Waals surface area contributed by atoms with Crippen LogP contribution in [0.3, 0.4) is 0 Å². The van der Waals surface area contributed by atoms with E-state index in [0.29, 0.717) is 5.02 Å². The topological polar surface area (TPSA) is 41.8 Å².